The maximum Gasteiger partial charge on any atom is 0.231 e. The van der Waals surface area contributed by atoms with Crippen LogP contribution in [0.2, 0.25) is 5.15 Å². The van der Waals surface area contributed by atoms with Crippen molar-refractivity contribution in [2.75, 3.05) is 34.0 Å². The molecule has 0 N–H and O–H groups in total. The van der Waals surface area contributed by atoms with Gasteiger partial charge in [0, 0.05) is 11.1 Å². The maximum atomic E-state index is 14.0. The summed E-state index contributed by atoms with van der Waals surface area (Å²) in [5.41, 5.74) is 6.02. The number of furan rings is 1. The van der Waals surface area contributed by atoms with Crippen LogP contribution in [0.4, 0.5) is 4.39 Å². The van der Waals surface area contributed by atoms with E-state index in [1.807, 2.05) is 92.7 Å². The fourth-order valence-corrected chi connectivity index (χ4v) is 7.43. The molecule has 5 aromatic carbocycles. The van der Waals surface area contributed by atoms with Crippen molar-refractivity contribution in [1.29, 1.82) is 0 Å². The number of hydrogen-bond acceptors (Lipinski definition) is 8. The first-order valence-corrected chi connectivity index (χ1v) is 18.8. The van der Waals surface area contributed by atoms with Gasteiger partial charge in [-0.2, -0.15) is 0 Å². The van der Waals surface area contributed by atoms with Crippen molar-refractivity contribution < 1.29 is 32.5 Å². The van der Waals surface area contributed by atoms with Gasteiger partial charge in [-0.25, -0.2) is 14.4 Å². The predicted octanol–water partition coefficient (Wildman–Crippen LogP) is 10.9. The molecule has 0 aliphatic heterocycles. The summed E-state index contributed by atoms with van der Waals surface area (Å²) in [4.78, 5) is 8.61. The number of nitrogens with zero attached hydrogens (tertiary/aromatic N) is 2. The molecule has 0 saturated heterocycles. The van der Waals surface area contributed by atoms with Crippen LogP contribution in [-0.4, -0.2) is 50.1 Å². The second-order valence-corrected chi connectivity index (χ2v) is 13.8. The third-order valence-corrected chi connectivity index (χ3v) is 10.1. The number of aromatic nitrogens is 2. The van der Waals surface area contributed by atoms with Gasteiger partial charge in [-0.05, 0) is 108 Å². The van der Waals surface area contributed by atoms with Crippen LogP contribution in [0.25, 0.3) is 33.6 Å². The number of halogens is 2. The molecule has 10 heteroatoms. The Morgan fingerprint density at radius 3 is 1.93 bits per heavy atom. The monoisotopic (exact) mass is 784 g/mol. The van der Waals surface area contributed by atoms with E-state index >= 15 is 0 Å². The van der Waals surface area contributed by atoms with Crippen LogP contribution in [0.5, 0.6) is 17.2 Å². The fraction of sp³-hybridized carbons (Fsp3) is 0.191. The number of rotatable bonds is 16. The highest BCUT2D eigenvalue weighted by Gasteiger charge is 2.39. The van der Waals surface area contributed by atoms with E-state index in [-0.39, 0.29) is 24.2 Å². The molecule has 0 unspecified atom stereocenters. The van der Waals surface area contributed by atoms with Gasteiger partial charge in [0.2, 0.25) is 5.71 Å². The minimum atomic E-state index is -1.06. The molecule has 0 radical (unpaired) electrons. The summed E-state index contributed by atoms with van der Waals surface area (Å²) in [5.74, 6) is 2.22. The summed E-state index contributed by atoms with van der Waals surface area (Å²) >= 11 is 6.69. The van der Waals surface area contributed by atoms with Crippen molar-refractivity contribution in [2.24, 2.45) is 0 Å². The van der Waals surface area contributed by atoms with Crippen LogP contribution >= 0.6 is 11.6 Å². The lowest BCUT2D eigenvalue weighted by Gasteiger charge is -2.37. The van der Waals surface area contributed by atoms with Crippen molar-refractivity contribution in [1.82, 2.24) is 9.97 Å². The molecule has 7 aromatic rings. The van der Waals surface area contributed by atoms with Crippen molar-refractivity contribution in [2.45, 2.75) is 25.6 Å². The molecule has 290 valence electrons. The van der Waals surface area contributed by atoms with Crippen LogP contribution in [-0.2, 0) is 15.1 Å². The van der Waals surface area contributed by atoms with Crippen LogP contribution in [0.1, 0.15) is 27.8 Å². The lowest BCUT2D eigenvalue weighted by atomic mass is 9.80. The van der Waals surface area contributed by atoms with Gasteiger partial charge in [-0.1, -0.05) is 72.3 Å². The molecule has 0 aliphatic carbocycles. The molecule has 2 aromatic heterocycles. The van der Waals surface area contributed by atoms with Gasteiger partial charge < -0.3 is 28.1 Å². The van der Waals surface area contributed by atoms with Crippen molar-refractivity contribution in [3.05, 3.63) is 173 Å². The van der Waals surface area contributed by atoms with Crippen molar-refractivity contribution in [3.63, 3.8) is 0 Å². The van der Waals surface area contributed by atoms with Crippen molar-refractivity contribution in [3.8, 4) is 39.7 Å². The third kappa shape index (κ3) is 8.14. The molecule has 0 amide bonds. The summed E-state index contributed by atoms with van der Waals surface area (Å²) in [6, 6.07) is 35.9. The first kappa shape index (κ1) is 39.2. The number of benzene rings is 5. The Bertz CT molecular complexity index is 2380. The molecule has 8 nitrogen and oxygen atoms in total. The Labute approximate surface area is 336 Å². The van der Waals surface area contributed by atoms with E-state index in [1.54, 1.807) is 32.4 Å². The smallest absolute Gasteiger partial charge is 0.231 e. The Hall–Kier alpha value is -6.00. The van der Waals surface area contributed by atoms with Gasteiger partial charge in [0.15, 0.2) is 0 Å². The van der Waals surface area contributed by atoms with E-state index in [9.17, 15) is 4.39 Å². The second-order valence-electron chi connectivity index (χ2n) is 13.5. The summed E-state index contributed by atoms with van der Waals surface area (Å²) in [7, 11) is 3.29. The lowest BCUT2D eigenvalue weighted by Crippen LogP contribution is -2.38. The zero-order valence-electron chi connectivity index (χ0n) is 32.1. The van der Waals surface area contributed by atoms with Gasteiger partial charge in [-0.15, -0.1) is 6.58 Å². The first-order valence-electron chi connectivity index (χ1n) is 18.4. The predicted molar refractivity (Wildman–Crippen MR) is 221 cm³/mol. The van der Waals surface area contributed by atoms with Gasteiger partial charge in [0.05, 0.1) is 39.4 Å². The van der Waals surface area contributed by atoms with E-state index in [0.29, 0.717) is 40.3 Å². The molecular formula is C47H42ClFN2O6. The molecule has 57 heavy (non-hydrogen) atoms. The topological polar surface area (TPSA) is 85.1 Å². The van der Waals surface area contributed by atoms with Crippen LogP contribution in [0.3, 0.4) is 0 Å². The van der Waals surface area contributed by atoms with Gasteiger partial charge in [0.1, 0.15) is 52.0 Å². The van der Waals surface area contributed by atoms with Gasteiger partial charge in [-0.3, -0.25) is 0 Å². The van der Waals surface area contributed by atoms with Crippen LogP contribution in [0.15, 0.2) is 139 Å². The quantitative estimate of drug-likeness (QED) is 0.0414. The zero-order chi connectivity index (χ0) is 39.9. The zero-order valence-corrected chi connectivity index (χ0v) is 32.9. The Kier molecular flexibility index (Phi) is 12.0. The second kappa shape index (κ2) is 17.4. The van der Waals surface area contributed by atoms with Crippen LogP contribution in [0, 0.1) is 19.7 Å². The van der Waals surface area contributed by atoms with E-state index in [1.165, 1.54) is 18.5 Å². The normalized spacial score (nSPS) is 12.0. The first-order chi connectivity index (χ1) is 27.7. The largest absolute Gasteiger partial charge is 0.497 e. The van der Waals surface area contributed by atoms with E-state index in [0.717, 1.165) is 44.9 Å². The molecule has 0 aliphatic rings. The van der Waals surface area contributed by atoms with Gasteiger partial charge in [0.25, 0.3) is 0 Å². The minimum Gasteiger partial charge on any atom is -0.497 e. The summed E-state index contributed by atoms with van der Waals surface area (Å²) in [6.45, 7) is 8.51. The number of hydrogen-bond donors (Lipinski definition) is 0. The summed E-state index contributed by atoms with van der Waals surface area (Å²) in [6.07, 6.45) is 2.50. The molecule has 2 heterocycles. The SMILES string of the molecule is C=CCOC[C@H](COC(c1ccccc1)(c1ccc(OC)cc1)c1ccc(OC)cc1)Oc1cc(C)c(-c2c(-c3ccc(F)cc3)oc3ncnc(Cl)c23)c(C)c1. The van der Waals surface area contributed by atoms with Crippen molar-refractivity contribution >= 4 is 22.7 Å². The highest BCUT2D eigenvalue weighted by Crippen LogP contribution is 2.46. The highest BCUT2D eigenvalue weighted by atomic mass is 35.5. The maximum absolute atomic E-state index is 14.0. The van der Waals surface area contributed by atoms with E-state index < -0.39 is 11.7 Å². The number of ether oxygens (including phenoxy) is 5. The third-order valence-electron chi connectivity index (χ3n) is 9.81. The molecular weight excluding hydrogens is 743 g/mol. The Balaban J connectivity index is 1.28. The standard InChI is InChI=1S/C47H42ClFN2O6/c1-6-24-54-27-40(28-55-47(33-10-8-7-9-11-33,34-14-20-37(52-4)21-15-34)35-16-22-38(53-5)23-17-35)56-39-25-30(2)41(31(3)26-39)42-43-45(48)50-29-51-46(43)57-44(42)32-12-18-36(49)19-13-32/h6-23,25-26,29,40H,1,24,27-28H2,2-5H3/t40-/m1/s1. The molecule has 0 bridgehead atoms. The molecule has 1 atom stereocenters. The molecule has 0 saturated carbocycles. The van der Waals surface area contributed by atoms with E-state index in [2.05, 4.69) is 28.7 Å². The Morgan fingerprint density at radius 2 is 1.35 bits per heavy atom. The summed E-state index contributed by atoms with van der Waals surface area (Å²) < 4.78 is 51.3. The number of aryl methyl sites for hydroxylation is 2. The average molecular weight is 785 g/mol. The molecule has 0 spiro atoms. The number of methoxy groups -OCH3 is 2. The van der Waals surface area contributed by atoms with Crippen LogP contribution < -0.4 is 14.2 Å². The number of fused-ring (bicyclic) bond motifs is 1. The lowest BCUT2D eigenvalue weighted by molar-refractivity contribution is -0.0524. The fourth-order valence-electron chi connectivity index (χ4n) is 7.21. The minimum absolute atomic E-state index is 0.137. The van der Waals surface area contributed by atoms with Gasteiger partial charge >= 0.3 is 0 Å². The van der Waals surface area contributed by atoms with E-state index in [4.69, 9.17) is 39.7 Å². The molecule has 0 fully saturated rings. The highest BCUT2D eigenvalue weighted by molar-refractivity contribution is 6.35. The summed E-state index contributed by atoms with van der Waals surface area (Å²) in [5, 5.41) is 0.815. The average Bonchev–Trinajstić information content (AvgIpc) is 3.62. The Morgan fingerprint density at radius 1 is 0.754 bits per heavy atom. The molecule has 7 rings (SSSR count).